The van der Waals surface area contributed by atoms with Crippen LogP contribution in [0.1, 0.15) is 104 Å². The lowest BCUT2D eigenvalue weighted by Crippen LogP contribution is -2.14. The van der Waals surface area contributed by atoms with Crippen LogP contribution in [0.5, 0.6) is 0 Å². The second-order valence-electron chi connectivity index (χ2n) is 8.52. The fourth-order valence-electron chi connectivity index (χ4n) is 4.86. The molecule has 0 unspecified atom stereocenters. The highest BCUT2D eigenvalue weighted by molar-refractivity contribution is 4.91. The molecule has 0 spiro atoms. The van der Waals surface area contributed by atoms with Gasteiger partial charge in [0.2, 0.25) is 0 Å². The summed E-state index contributed by atoms with van der Waals surface area (Å²) in [5.74, 6) is 3.90. The van der Waals surface area contributed by atoms with Gasteiger partial charge in [0.1, 0.15) is 0 Å². The van der Waals surface area contributed by atoms with Gasteiger partial charge in [-0.05, 0) is 87.9 Å². The van der Waals surface area contributed by atoms with E-state index in [1.807, 2.05) is 0 Å². The van der Waals surface area contributed by atoms with Crippen molar-refractivity contribution in [2.45, 2.75) is 104 Å². The van der Waals surface area contributed by atoms with E-state index in [9.17, 15) is 0 Å². The summed E-state index contributed by atoms with van der Waals surface area (Å²) in [6, 6.07) is 0. The summed E-state index contributed by atoms with van der Waals surface area (Å²) in [6.45, 7) is 4.49. The van der Waals surface area contributed by atoms with Crippen LogP contribution < -0.4 is 0 Å². The van der Waals surface area contributed by atoms with Gasteiger partial charge in [-0.15, -0.1) is 0 Å². The van der Waals surface area contributed by atoms with E-state index >= 15 is 0 Å². The molecule has 0 aromatic carbocycles. The summed E-state index contributed by atoms with van der Waals surface area (Å²) < 4.78 is 0. The molecule has 0 aromatic rings. The third-order valence-electron chi connectivity index (χ3n) is 6.55. The molecular weight excluding hydrogens is 288 g/mol. The van der Waals surface area contributed by atoms with Crippen LogP contribution in [-0.4, -0.2) is 0 Å². The van der Waals surface area contributed by atoms with Crippen LogP contribution in [0.3, 0.4) is 0 Å². The predicted octanol–water partition coefficient (Wildman–Crippen LogP) is 8.09. The summed E-state index contributed by atoms with van der Waals surface area (Å²) in [7, 11) is 0. The molecule has 2 saturated carbocycles. The van der Waals surface area contributed by atoms with Crippen molar-refractivity contribution in [3.63, 3.8) is 0 Å². The Morgan fingerprint density at radius 2 is 0.958 bits per heavy atom. The first-order valence-corrected chi connectivity index (χ1v) is 11.1. The monoisotopic (exact) mass is 330 g/mol. The van der Waals surface area contributed by atoms with Crippen molar-refractivity contribution in [2.75, 3.05) is 0 Å². The average Bonchev–Trinajstić information content (AvgIpc) is 2.64. The predicted molar refractivity (Wildman–Crippen MR) is 108 cm³/mol. The summed E-state index contributed by atoms with van der Waals surface area (Å²) in [6.07, 6.45) is 29.9. The fourth-order valence-corrected chi connectivity index (χ4v) is 4.86. The lowest BCUT2D eigenvalue weighted by atomic mass is 9.78. The van der Waals surface area contributed by atoms with E-state index in [4.69, 9.17) is 0 Å². The second-order valence-corrected chi connectivity index (χ2v) is 8.52. The number of unbranched alkanes of at least 4 members (excludes halogenated alkanes) is 1. The number of rotatable bonds is 9. The molecule has 2 fully saturated rings. The molecule has 0 bridgehead atoms. The minimum atomic E-state index is 0.901. The zero-order chi connectivity index (χ0) is 17.0. The Kier molecular flexibility index (Phi) is 9.85. The topological polar surface area (TPSA) is 0 Å². The molecule has 2 aliphatic rings. The quantitative estimate of drug-likeness (QED) is 0.296. The summed E-state index contributed by atoms with van der Waals surface area (Å²) in [5.41, 5.74) is 0. The minimum absolute atomic E-state index is 0.901. The van der Waals surface area contributed by atoms with Crippen molar-refractivity contribution < 1.29 is 0 Å². The fraction of sp³-hybridized carbons (Fsp3) is 0.833. The molecule has 2 aliphatic carbocycles. The molecule has 24 heavy (non-hydrogen) atoms. The van der Waals surface area contributed by atoms with E-state index in [0.29, 0.717) is 0 Å². The van der Waals surface area contributed by atoms with Gasteiger partial charge >= 0.3 is 0 Å². The maximum atomic E-state index is 2.49. The maximum Gasteiger partial charge on any atom is -0.0233 e. The van der Waals surface area contributed by atoms with Crippen molar-refractivity contribution in [2.24, 2.45) is 23.7 Å². The third-order valence-corrected chi connectivity index (χ3v) is 6.55. The Hall–Kier alpha value is -0.520. The lowest BCUT2D eigenvalue weighted by Gasteiger charge is -2.28. The van der Waals surface area contributed by atoms with Gasteiger partial charge in [0.25, 0.3) is 0 Å². The zero-order valence-electron chi connectivity index (χ0n) is 16.5. The van der Waals surface area contributed by atoms with Gasteiger partial charge < -0.3 is 0 Å². The second kappa shape index (κ2) is 11.9. The highest BCUT2D eigenvalue weighted by Crippen LogP contribution is 2.35. The minimum Gasteiger partial charge on any atom is -0.0885 e. The van der Waals surface area contributed by atoms with Crippen LogP contribution in [-0.2, 0) is 0 Å². The molecular formula is C24H42. The van der Waals surface area contributed by atoms with E-state index in [-0.39, 0.29) is 0 Å². The third kappa shape index (κ3) is 7.58. The van der Waals surface area contributed by atoms with E-state index in [0.717, 1.165) is 23.7 Å². The van der Waals surface area contributed by atoms with Gasteiger partial charge in [-0.1, -0.05) is 63.8 Å². The molecule has 138 valence electrons. The van der Waals surface area contributed by atoms with Crippen LogP contribution in [0.4, 0.5) is 0 Å². The van der Waals surface area contributed by atoms with E-state index < -0.39 is 0 Å². The molecule has 0 aromatic heterocycles. The summed E-state index contributed by atoms with van der Waals surface area (Å²) in [4.78, 5) is 0. The van der Waals surface area contributed by atoms with Crippen molar-refractivity contribution in [1.29, 1.82) is 0 Å². The van der Waals surface area contributed by atoms with Crippen LogP contribution in [0, 0.1) is 23.7 Å². The van der Waals surface area contributed by atoms with Gasteiger partial charge in [0.05, 0.1) is 0 Å². The van der Waals surface area contributed by atoms with E-state index in [2.05, 4.69) is 38.2 Å². The van der Waals surface area contributed by atoms with Crippen molar-refractivity contribution in [3.8, 4) is 0 Å². The van der Waals surface area contributed by atoms with E-state index in [1.54, 1.807) is 0 Å². The van der Waals surface area contributed by atoms with Gasteiger partial charge in [-0.25, -0.2) is 0 Å². The first-order valence-electron chi connectivity index (χ1n) is 11.1. The van der Waals surface area contributed by atoms with Crippen molar-refractivity contribution in [1.82, 2.24) is 0 Å². The van der Waals surface area contributed by atoms with Crippen LogP contribution in [0.25, 0.3) is 0 Å². The molecule has 0 heterocycles. The van der Waals surface area contributed by atoms with Crippen molar-refractivity contribution >= 4 is 0 Å². The lowest BCUT2D eigenvalue weighted by molar-refractivity contribution is 0.268. The Morgan fingerprint density at radius 1 is 0.583 bits per heavy atom. The number of hydrogen-bond donors (Lipinski definition) is 0. The maximum absolute atomic E-state index is 2.49. The summed E-state index contributed by atoms with van der Waals surface area (Å²) >= 11 is 0. The molecule has 0 heteroatoms. The Morgan fingerprint density at radius 3 is 1.29 bits per heavy atom. The van der Waals surface area contributed by atoms with Gasteiger partial charge in [-0.3, -0.25) is 0 Å². The van der Waals surface area contributed by atoms with E-state index in [1.165, 1.54) is 89.9 Å². The Bertz CT molecular complexity index is 312. The van der Waals surface area contributed by atoms with Crippen molar-refractivity contribution in [3.05, 3.63) is 24.3 Å². The van der Waals surface area contributed by atoms with Crippen LogP contribution >= 0.6 is 0 Å². The highest BCUT2D eigenvalue weighted by Gasteiger charge is 2.21. The Balaban J connectivity index is 1.49. The average molecular weight is 331 g/mol. The number of hydrogen-bond acceptors (Lipinski definition) is 0. The van der Waals surface area contributed by atoms with Crippen LogP contribution in [0.2, 0.25) is 0 Å². The molecule has 0 saturated heterocycles. The highest BCUT2D eigenvalue weighted by atomic mass is 14.3. The standard InChI is InChI=1S/C24H42/c1-3-5-9-21-13-17-23(18-14-21)11-7-8-12-24-19-15-22(16-20-24)10-6-4-2/h5-6,9-10,21-24H,3-4,7-8,11-20H2,1-2H3/b9-5+,10-6+. The molecule has 0 nitrogen and oxygen atoms in total. The Labute approximate surface area is 152 Å². The SMILES string of the molecule is CC/C=C/C1CCC(CCCCC2CCC(/C=C/CC)CC2)CC1. The molecule has 0 radical (unpaired) electrons. The van der Waals surface area contributed by atoms with Crippen LogP contribution in [0.15, 0.2) is 24.3 Å². The largest absolute Gasteiger partial charge is 0.0885 e. The normalized spacial score (nSPS) is 31.9. The first kappa shape index (κ1) is 19.8. The zero-order valence-corrected chi connectivity index (χ0v) is 16.5. The van der Waals surface area contributed by atoms with Gasteiger partial charge in [0.15, 0.2) is 0 Å². The summed E-state index contributed by atoms with van der Waals surface area (Å²) in [5, 5.41) is 0. The molecule has 0 atom stereocenters. The first-order chi connectivity index (χ1) is 11.8. The van der Waals surface area contributed by atoms with Gasteiger partial charge in [0, 0.05) is 0 Å². The smallest absolute Gasteiger partial charge is 0.0233 e. The molecule has 0 aliphatic heterocycles. The molecule has 0 N–H and O–H groups in total. The molecule has 2 rings (SSSR count). The molecule has 0 amide bonds. The number of allylic oxidation sites excluding steroid dienone is 4. The van der Waals surface area contributed by atoms with Gasteiger partial charge in [-0.2, -0.15) is 0 Å².